The third-order valence-electron chi connectivity index (χ3n) is 0.711. The molecule has 0 aromatic carbocycles. The summed E-state index contributed by atoms with van der Waals surface area (Å²) in [7, 11) is -4.59. The first-order valence-corrected chi connectivity index (χ1v) is 4.36. The maximum atomic E-state index is 10.5. The van der Waals surface area contributed by atoms with Crippen LogP contribution in [-0.4, -0.2) is 23.7 Å². The first-order valence-electron chi connectivity index (χ1n) is 2.92. The number of hydrogen-bond donors (Lipinski definition) is 2. The van der Waals surface area contributed by atoms with Crippen molar-refractivity contribution in [3.63, 3.8) is 0 Å². The van der Waals surface area contributed by atoms with Gasteiger partial charge in [0.1, 0.15) is 0 Å². The zero-order valence-corrected chi connectivity index (χ0v) is 10.4. The summed E-state index contributed by atoms with van der Waals surface area (Å²) >= 11 is 0. The van der Waals surface area contributed by atoms with Gasteiger partial charge in [-0.2, -0.15) is 8.42 Å². The second-order valence-corrected chi connectivity index (χ2v) is 4.46. The van der Waals surface area contributed by atoms with Gasteiger partial charge in [-0.15, -0.1) is 0 Å². The molecule has 0 aliphatic heterocycles. The third-order valence-corrected chi connectivity index (χ3v) is 1.28. The molecule has 0 unspecified atom stereocenters. The van der Waals surface area contributed by atoms with E-state index in [4.69, 9.17) is 4.55 Å². The fourth-order valence-corrected chi connectivity index (χ4v) is 0.806. The second kappa shape index (κ2) is 4.57. The molecule has 0 aliphatic carbocycles. The van der Waals surface area contributed by atoms with E-state index in [1.165, 1.54) is 0 Å². The molecule has 0 spiro atoms. The van der Waals surface area contributed by atoms with Crippen LogP contribution < -0.4 is 34.9 Å². The van der Waals surface area contributed by atoms with Crippen molar-refractivity contribution in [1.82, 2.24) is 5.32 Å². The van der Waals surface area contributed by atoms with Crippen molar-refractivity contribution in [3.8, 4) is 0 Å². The zero-order valence-electron chi connectivity index (χ0n) is 8.58. The van der Waals surface area contributed by atoms with Crippen LogP contribution in [0.25, 0.3) is 0 Å². The van der Waals surface area contributed by atoms with Crippen LogP contribution in [0.5, 0.6) is 0 Å². The minimum Gasteiger partial charge on any atom is -1.00 e. The van der Waals surface area contributed by atoms with E-state index in [9.17, 15) is 13.2 Å². The summed E-state index contributed by atoms with van der Waals surface area (Å²) in [4.78, 5) is 10.5. The molecule has 0 atom stereocenters. The van der Waals surface area contributed by atoms with Crippen LogP contribution in [0.3, 0.4) is 0 Å². The Bertz CT molecular complexity index is 258. The van der Waals surface area contributed by atoms with Gasteiger partial charge in [-0.1, -0.05) is 0 Å². The molecule has 0 saturated heterocycles. The summed E-state index contributed by atoms with van der Waals surface area (Å²) in [6, 6.07) is 0. The summed E-state index contributed by atoms with van der Waals surface area (Å²) in [6.07, 6.45) is 0. The first kappa shape index (κ1) is 14.9. The summed E-state index contributed by atoms with van der Waals surface area (Å²) in [5, 5.41) is 0.712. The molecule has 0 bridgehead atoms. The number of amides is 1. The Hall–Kier alpha value is 0.380. The van der Waals surface area contributed by atoms with Crippen molar-refractivity contribution in [1.29, 1.82) is 0 Å². The standard InChI is InChI=1S/C5H11NO4S.Na.H/c1-5(2,3)6-4(7)11(8,9)10;;/h1-3H3,(H,6,7)(H,8,9,10);;/q;+1;-1. The van der Waals surface area contributed by atoms with Crippen LogP contribution in [0.1, 0.15) is 22.2 Å². The van der Waals surface area contributed by atoms with Gasteiger partial charge in [-0.25, -0.2) is 0 Å². The minimum atomic E-state index is -4.59. The normalized spacial score (nSPS) is 11.7. The van der Waals surface area contributed by atoms with Gasteiger partial charge in [0, 0.05) is 5.54 Å². The van der Waals surface area contributed by atoms with Crippen molar-refractivity contribution < 1.29 is 48.7 Å². The van der Waals surface area contributed by atoms with Gasteiger partial charge >= 0.3 is 44.9 Å². The van der Waals surface area contributed by atoms with Crippen LogP contribution in [0.4, 0.5) is 4.79 Å². The molecule has 0 heterocycles. The molecule has 0 aromatic rings. The first-order chi connectivity index (χ1) is 4.63. The van der Waals surface area contributed by atoms with E-state index in [-0.39, 0.29) is 31.0 Å². The average molecular weight is 205 g/mol. The SMILES string of the molecule is CC(C)(C)NC(=O)S(=O)(=O)O.[H-].[Na+]. The van der Waals surface area contributed by atoms with E-state index in [0.29, 0.717) is 0 Å². The maximum Gasteiger partial charge on any atom is 1.00 e. The van der Waals surface area contributed by atoms with Crippen molar-refractivity contribution in [2.24, 2.45) is 0 Å². The molecule has 0 saturated carbocycles. The van der Waals surface area contributed by atoms with Crippen molar-refractivity contribution in [2.45, 2.75) is 26.3 Å². The second-order valence-electron chi connectivity index (χ2n) is 3.14. The van der Waals surface area contributed by atoms with E-state index in [2.05, 4.69) is 5.32 Å². The van der Waals surface area contributed by atoms with Gasteiger partial charge < -0.3 is 6.74 Å². The minimum absolute atomic E-state index is 0. The largest absolute Gasteiger partial charge is 1.00 e. The molecule has 0 rings (SSSR count). The van der Waals surface area contributed by atoms with Gasteiger partial charge in [-0.3, -0.25) is 9.35 Å². The van der Waals surface area contributed by atoms with E-state index >= 15 is 0 Å². The van der Waals surface area contributed by atoms with E-state index in [0.717, 1.165) is 0 Å². The van der Waals surface area contributed by atoms with Gasteiger partial charge in [-0.05, 0) is 20.8 Å². The fourth-order valence-electron chi connectivity index (χ4n) is 0.371. The summed E-state index contributed by atoms with van der Waals surface area (Å²) in [6.45, 7) is 4.82. The van der Waals surface area contributed by atoms with Gasteiger partial charge in [0.25, 0.3) is 0 Å². The van der Waals surface area contributed by atoms with Crippen LogP contribution in [0.15, 0.2) is 0 Å². The van der Waals surface area contributed by atoms with Crippen LogP contribution in [-0.2, 0) is 10.1 Å². The summed E-state index contributed by atoms with van der Waals surface area (Å²) < 4.78 is 28.5. The topological polar surface area (TPSA) is 83.5 Å². The Balaban J connectivity index is -0.000000500. The molecule has 0 aliphatic rings. The monoisotopic (exact) mass is 205 g/mol. The van der Waals surface area contributed by atoms with Crippen LogP contribution in [0, 0.1) is 0 Å². The number of hydrogen-bond acceptors (Lipinski definition) is 3. The third kappa shape index (κ3) is 7.05. The Kier molecular flexibility index (Phi) is 5.67. The Morgan fingerprint density at radius 2 is 1.75 bits per heavy atom. The van der Waals surface area contributed by atoms with E-state index < -0.39 is 20.9 Å². The zero-order chi connectivity index (χ0) is 9.28. The Morgan fingerprint density at radius 3 is 1.83 bits per heavy atom. The van der Waals surface area contributed by atoms with Crippen molar-refractivity contribution in [3.05, 3.63) is 0 Å². The Labute approximate surface area is 95.4 Å². The molecule has 7 heteroatoms. The number of nitrogens with one attached hydrogen (secondary N) is 1. The maximum absolute atomic E-state index is 10.5. The molecular formula is C5H12NNaO4S. The van der Waals surface area contributed by atoms with E-state index in [1.54, 1.807) is 20.8 Å². The molecule has 68 valence electrons. The van der Waals surface area contributed by atoms with E-state index in [1.807, 2.05) is 0 Å². The molecule has 0 aromatic heterocycles. The predicted octanol–water partition coefficient (Wildman–Crippen LogP) is -2.50. The van der Waals surface area contributed by atoms with Crippen molar-refractivity contribution in [2.75, 3.05) is 0 Å². The molecular weight excluding hydrogens is 193 g/mol. The molecule has 5 nitrogen and oxygen atoms in total. The quantitative estimate of drug-likeness (QED) is 0.338. The molecule has 1 amide bonds. The van der Waals surface area contributed by atoms with Crippen LogP contribution >= 0.6 is 0 Å². The van der Waals surface area contributed by atoms with Gasteiger partial charge in [0.2, 0.25) is 0 Å². The average Bonchev–Trinajstić information content (AvgIpc) is 1.56. The smallest absolute Gasteiger partial charge is 1.00 e. The van der Waals surface area contributed by atoms with Gasteiger partial charge in [0.05, 0.1) is 0 Å². The number of carbonyl (C=O) groups is 1. The predicted molar refractivity (Wildman–Crippen MR) is 40.9 cm³/mol. The molecule has 12 heavy (non-hydrogen) atoms. The summed E-state index contributed by atoms with van der Waals surface area (Å²) in [5.41, 5.74) is -0.660. The molecule has 2 N–H and O–H groups in total. The van der Waals surface area contributed by atoms with Gasteiger partial charge in [0.15, 0.2) is 0 Å². The Morgan fingerprint density at radius 1 is 1.42 bits per heavy atom. The summed E-state index contributed by atoms with van der Waals surface area (Å²) in [5.74, 6) is 0. The van der Waals surface area contributed by atoms with Crippen molar-refractivity contribution >= 4 is 15.4 Å². The molecule has 0 fully saturated rings. The number of rotatable bonds is 0. The van der Waals surface area contributed by atoms with Crippen LogP contribution in [0.2, 0.25) is 0 Å². The fraction of sp³-hybridized carbons (Fsp3) is 0.800. The molecule has 0 radical (unpaired) electrons. The number of carbonyl (C=O) groups excluding carboxylic acids is 1.